The zero-order valence-corrected chi connectivity index (χ0v) is 8.22. The van der Waals surface area contributed by atoms with Crippen molar-refractivity contribution in [2.45, 2.75) is 19.4 Å². The number of halogens is 1. The summed E-state index contributed by atoms with van der Waals surface area (Å²) in [6, 6.07) is 0. The van der Waals surface area contributed by atoms with Crippen molar-refractivity contribution in [2.24, 2.45) is 5.92 Å². The van der Waals surface area contributed by atoms with Gasteiger partial charge in [0.1, 0.15) is 0 Å². The molecule has 0 amide bonds. The molecule has 3 heteroatoms. The maximum Gasteiger partial charge on any atom is 0.0590 e. The average Bonchev–Trinajstić information content (AvgIpc) is 1.96. The fourth-order valence-corrected chi connectivity index (χ4v) is 1.77. The lowest BCUT2D eigenvalue weighted by atomic mass is 9.97. The molecule has 1 aliphatic rings. The van der Waals surface area contributed by atoms with E-state index >= 15 is 0 Å². The van der Waals surface area contributed by atoms with Gasteiger partial charge in [0.15, 0.2) is 0 Å². The van der Waals surface area contributed by atoms with Gasteiger partial charge in [0.05, 0.1) is 6.10 Å². The van der Waals surface area contributed by atoms with Crippen molar-refractivity contribution in [3.05, 3.63) is 11.6 Å². The third kappa shape index (κ3) is 2.77. The van der Waals surface area contributed by atoms with Crippen LogP contribution in [0, 0.1) is 5.92 Å². The van der Waals surface area contributed by atoms with Crippen molar-refractivity contribution in [3.8, 4) is 0 Å². The summed E-state index contributed by atoms with van der Waals surface area (Å²) in [5.41, 5.74) is 0. The minimum Gasteiger partial charge on any atom is -0.393 e. The quantitative estimate of drug-likeness (QED) is 0.711. The van der Waals surface area contributed by atoms with Gasteiger partial charge in [0.25, 0.3) is 0 Å². The second-order valence-electron chi connectivity index (χ2n) is 3.59. The highest BCUT2D eigenvalue weighted by Gasteiger charge is 2.23. The van der Waals surface area contributed by atoms with Crippen LogP contribution in [-0.4, -0.2) is 35.7 Å². The van der Waals surface area contributed by atoms with Crippen molar-refractivity contribution in [3.63, 3.8) is 0 Å². The molecule has 0 spiro atoms. The van der Waals surface area contributed by atoms with Crippen LogP contribution in [-0.2, 0) is 0 Å². The van der Waals surface area contributed by atoms with E-state index in [0.717, 1.165) is 26.1 Å². The number of hydrogen-bond donors (Lipinski definition) is 1. The molecular formula is C9H16ClNO. The largest absolute Gasteiger partial charge is 0.393 e. The normalized spacial score (nSPS) is 31.9. The van der Waals surface area contributed by atoms with Crippen LogP contribution in [0.2, 0.25) is 0 Å². The van der Waals surface area contributed by atoms with Gasteiger partial charge >= 0.3 is 0 Å². The minimum atomic E-state index is -0.134. The van der Waals surface area contributed by atoms with Gasteiger partial charge < -0.3 is 5.11 Å². The molecule has 0 aromatic heterocycles. The number of nitrogens with zero attached hydrogens (tertiary/aromatic N) is 1. The zero-order valence-electron chi connectivity index (χ0n) is 7.46. The monoisotopic (exact) mass is 189 g/mol. The van der Waals surface area contributed by atoms with Crippen LogP contribution in [0.15, 0.2) is 11.6 Å². The number of piperidine rings is 1. The SMILES string of the molecule is C=C(Cl)CN1CCC(O)C(C)C1. The Labute approximate surface area is 78.8 Å². The highest BCUT2D eigenvalue weighted by atomic mass is 35.5. The number of aliphatic hydroxyl groups excluding tert-OH is 1. The van der Waals surface area contributed by atoms with Crippen LogP contribution >= 0.6 is 11.6 Å². The van der Waals surface area contributed by atoms with Crippen LogP contribution in [0.5, 0.6) is 0 Å². The first-order valence-electron chi connectivity index (χ1n) is 4.33. The average molecular weight is 190 g/mol. The Bertz CT molecular complexity index is 172. The van der Waals surface area contributed by atoms with E-state index in [1.54, 1.807) is 0 Å². The van der Waals surface area contributed by atoms with Crippen molar-refractivity contribution in [2.75, 3.05) is 19.6 Å². The Hall–Kier alpha value is -0.0500. The van der Waals surface area contributed by atoms with Gasteiger partial charge in [-0.1, -0.05) is 25.1 Å². The van der Waals surface area contributed by atoms with Gasteiger partial charge in [-0.25, -0.2) is 0 Å². The van der Waals surface area contributed by atoms with E-state index in [4.69, 9.17) is 11.6 Å². The lowest BCUT2D eigenvalue weighted by Crippen LogP contribution is -2.42. The first kappa shape index (κ1) is 10.0. The first-order chi connectivity index (χ1) is 5.59. The van der Waals surface area contributed by atoms with Gasteiger partial charge in [-0.3, -0.25) is 4.90 Å². The maximum atomic E-state index is 9.45. The van der Waals surface area contributed by atoms with Crippen LogP contribution < -0.4 is 0 Å². The molecule has 1 aliphatic heterocycles. The standard InChI is InChI=1S/C9H16ClNO/c1-7-5-11(6-8(2)10)4-3-9(7)12/h7,9,12H,2-6H2,1H3. The summed E-state index contributed by atoms with van der Waals surface area (Å²) in [6.07, 6.45) is 0.718. The van der Waals surface area contributed by atoms with Crippen molar-refractivity contribution in [1.82, 2.24) is 4.90 Å². The van der Waals surface area contributed by atoms with Gasteiger partial charge in [-0.2, -0.15) is 0 Å². The summed E-state index contributed by atoms with van der Waals surface area (Å²) in [7, 11) is 0. The number of rotatable bonds is 2. The Balaban J connectivity index is 2.35. The molecule has 70 valence electrons. The Morgan fingerprint density at radius 2 is 2.42 bits per heavy atom. The van der Waals surface area contributed by atoms with Crippen molar-refractivity contribution < 1.29 is 5.11 Å². The molecular weight excluding hydrogens is 174 g/mol. The number of aliphatic hydroxyl groups is 1. The summed E-state index contributed by atoms with van der Waals surface area (Å²) in [5, 5.41) is 10.1. The van der Waals surface area contributed by atoms with Crippen molar-refractivity contribution in [1.29, 1.82) is 0 Å². The maximum absolute atomic E-state index is 9.45. The van der Waals surface area contributed by atoms with Gasteiger partial charge in [-0.15, -0.1) is 0 Å². The van der Waals surface area contributed by atoms with Crippen LogP contribution in [0.1, 0.15) is 13.3 Å². The molecule has 0 aliphatic carbocycles. The molecule has 2 atom stereocenters. The highest BCUT2D eigenvalue weighted by Crippen LogP contribution is 2.17. The van der Waals surface area contributed by atoms with E-state index in [-0.39, 0.29) is 6.10 Å². The fourth-order valence-electron chi connectivity index (χ4n) is 1.61. The zero-order chi connectivity index (χ0) is 9.14. The lowest BCUT2D eigenvalue weighted by Gasteiger charge is -2.33. The summed E-state index contributed by atoms with van der Waals surface area (Å²) in [6.45, 7) is 8.32. The summed E-state index contributed by atoms with van der Waals surface area (Å²) >= 11 is 5.70. The molecule has 2 unspecified atom stereocenters. The van der Waals surface area contributed by atoms with Crippen LogP contribution in [0.25, 0.3) is 0 Å². The molecule has 0 radical (unpaired) electrons. The summed E-state index contributed by atoms with van der Waals surface area (Å²) < 4.78 is 0. The van der Waals surface area contributed by atoms with E-state index in [9.17, 15) is 5.11 Å². The van der Waals surface area contributed by atoms with Crippen LogP contribution in [0.4, 0.5) is 0 Å². The molecule has 0 saturated carbocycles. The molecule has 1 fully saturated rings. The topological polar surface area (TPSA) is 23.5 Å². The summed E-state index contributed by atoms with van der Waals surface area (Å²) in [4.78, 5) is 2.23. The second-order valence-corrected chi connectivity index (χ2v) is 4.12. The Morgan fingerprint density at radius 1 is 1.75 bits per heavy atom. The van der Waals surface area contributed by atoms with Gasteiger partial charge in [-0.05, 0) is 12.3 Å². The Kier molecular flexibility index (Phi) is 3.56. The van der Waals surface area contributed by atoms with E-state index in [0.29, 0.717) is 11.0 Å². The number of likely N-dealkylation sites (tertiary alicyclic amines) is 1. The molecule has 0 bridgehead atoms. The third-order valence-corrected chi connectivity index (χ3v) is 2.46. The molecule has 0 aromatic rings. The van der Waals surface area contributed by atoms with E-state index in [1.165, 1.54) is 0 Å². The smallest absolute Gasteiger partial charge is 0.0590 e. The van der Waals surface area contributed by atoms with E-state index in [1.807, 2.05) is 0 Å². The second kappa shape index (κ2) is 4.26. The van der Waals surface area contributed by atoms with Gasteiger partial charge in [0.2, 0.25) is 0 Å². The van der Waals surface area contributed by atoms with Crippen molar-refractivity contribution >= 4 is 11.6 Å². The van der Waals surface area contributed by atoms with E-state index < -0.39 is 0 Å². The van der Waals surface area contributed by atoms with Gasteiger partial charge in [0, 0.05) is 24.7 Å². The minimum absolute atomic E-state index is 0.134. The predicted octanol–water partition coefficient (Wildman–Crippen LogP) is 1.44. The molecule has 0 aromatic carbocycles. The molecule has 1 N–H and O–H groups in total. The van der Waals surface area contributed by atoms with Crippen LogP contribution in [0.3, 0.4) is 0 Å². The molecule has 1 heterocycles. The predicted molar refractivity (Wildman–Crippen MR) is 51.2 cm³/mol. The molecule has 1 saturated heterocycles. The molecule has 1 rings (SSSR count). The molecule has 12 heavy (non-hydrogen) atoms. The number of hydrogen-bond acceptors (Lipinski definition) is 2. The molecule has 2 nitrogen and oxygen atoms in total. The summed E-state index contributed by atoms with van der Waals surface area (Å²) in [5.74, 6) is 0.356. The lowest BCUT2D eigenvalue weighted by molar-refractivity contribution is 0.0393. The first-order valence-corrected chi connectivity index (χ1v) is 4.71. The highest BCUT2D eigenvalue weighted by molar-refractivity contribution is 6.29. The van der Waals surface area contributed by atoms with E-state index in [2.05, 4.69) is 18.4 Å². The Morgan fingerprint density at radius 3 is 2.92 bits per heavy atom. The third-order valence-electron chi connectivity index (χ3n) is 2.34. The fraction of sp³-hybridized carbons (Fsp3) is 0.778.